The van der Waals surface area contributed by atoms with Gasteiger partial charge in [0.05, 0.1) is 11.0 Å². The van der Waals surface area contributed by atoms with Crippen LogP contribution in [0.1, 0.15) is 59.2 Å². The molecule has 1 N–H and O–H groups in total. The fraction of sp³-hybridized carbons (Fsp3) is 0.619. The van der Waals surface area contributed by atoms with Crippen LogP contribution in [0, 0.1) is 11.8 Å². The number of imidazole rings is 1. The third kappa shape index (κ3) is 5.87. The van der Waals surface area contributed by atoms with Gasteiger partial charge >= 0.3 is 0 Å². The van der Waals surface area contributed by atoms with Gasteiger partial charge in [-0.2, -0.15) is 0 Å². The Balaban J connectivity index is 1.87. The summed E-state index contributed by atoms with van der Waals surface area (Å²) in [7, 11) is 0. The molecule has 4 nitrogen and oxygen atoms in total. The summed E-state index contributed by atoms with van der Waals surface area (Å²) in [6, 6.07) is 8.43. The Kier molecular flexibility index (Phi) is 7.48. The zero-order valence-corrected chi connectivity index (χ0v) is 16.2. The molecule has 0 spiro atoms. The first-order valence-corrected chi connectivity index (χ1v) is 9.71. The molecule has 0 saturated heterocycles. The lowest BCUT2D eigenvalue weighted by molar-refractivity contribution is -0.123. The summed E-state index contributed by atoms with van der Waals surface area (Å²) >= 11 is 0. The summed E-state index contributed by atoms with van der Waals surface area (Å²) in [6.07, 6.45) is 5.44. The third-order valence-corrected chi connectivity index (χ3v) is 4.56. The first kappa shape index (κ1) is 19.5. The first-order valence-electron chi connectivity index (χ1n) is 9.71. The van der Waals surface area contributed by atoms with Gasteiger partial charge in [-0.05, 0) is 37.3 Å². The Bertz CT molecular complexity index is 673. The second-order valence-electron chi connectivity index (χ2n) is 7.61. The van der Waals surface area contributed by atoms with Crippen molar-refractivity contribution in [3.8, 4) is 0 Å². The van der Waals surface area contributed by atoms with Crippen molar-refractivity contribution in [2.75, 3.05) is 6.54 Å². The molecule has 2 rings (SSSR count). The number of benzene rings is 1. The van der Waals surface area contributed by atoms with E-state index in [1.54, 1.807) is 0 Å². The Morgan fingerprint density at radius 1 is 1.12 bits per heavy atom. The SMILES string of the molecule is CC(C)CCn1c(CCCCCNC(=O)C(C)C)nc2ccccc21. The number of nitrogens with one attached hydrogen (secondary N) is 1. The van der Waals surface area contributed by atoms with Crippen LogP contribution in [0.4, 0.5) is 0 Å². The largest absolute Gasteiger partial charge is 0.356 e. The van der Waals surface area contributed by atoms with Gasteiger partial charge in [0.2, 0.25) is 5.91 Å². The van der Waals surface area contributed by atoms with Crippen molar-refractivity contribution in [1.29, 1.82) is 0 Å². The number of unbranched alkanes of at least 4 members (excludes halogenated alkanes) is 2. The van der Waals surface area contributed by atoms with Crippen LogP contribution in [0.3, 0.4) is 0 Å². The average Bonchev–Trinajstić information content (AvgIpc) is 2.93. The van der Waals surface area contributed by atoms with Gasteiger partial charge in [-0.15, -0.1) is 0 Å². The van der Waals surface area contributed by atoms with Crippen LogP contribution in [0.2, 0.25) is 0 Å². The molecule has 0 atom stereocenters. The molecule has 1 aromatic heterocycles. The smallest absolute Gasteiger partial charge is 0.222 e. The highest BCUT2D eigenvalue weighted by Crippen LogP contribution is 2.19. The van der Waals surface area contributed by atoms with Gasteiger partial charge in [0.15, 0.2) is 0 Å². The standard InChI is InChI=1S/C21H33N3O/c1-16(2)13-15-24-19-11-8-7-10-18(19)23-20(24)12-6-5-9-14-22-21(25)17(3)4/h7-8,10-11,16-17H,5-6,9,12-15H2,1-4H3,(H,22,25). The number of nitrogens with zero attached hydrogens (tertiary/aromatic N) is 2. The van der Waals surface area contributed by atoms with E-state index in [1.165, 1.54) is 17.8 Å². The van der Waals surface area contributed by atoms with Gasteiger partial charge in [-0.1, -0.05) is 46.2 Å². The molecule has 1 heterocycles. The third-order valence-electron chi connectivity index (χ3n) is 4.56. The fourth-order valence-electron chi connectivity index (χ4n) is 2.95. The lowest BCUT2D eigenvalue weighted by Crippen LogP contribution is -2.28. The molecule has 0 aliphatic rings. The predicted octanol–water partition coefficient (Wildman–Crippen LogP) is 4.57. The number of aryl methyl sites for hydroxylation is 2. The molecule has 1 aromatic carbocycles. The lowest BCUT2D eigenvalue weighted by atomic mass is 10.1. The van der Waals surface area contributed by atoms with Crippen molar-refractivity contribution in [3.63, 3.8) is 0 Å². The molecule has 0 unspecified atom stereocenters. The maximum Gasteiger partial charge on any atom is 0.222 e. The van der Waals surface area contributed by atoms with Crippen molar-refractivity contribution >= 4 is 16.9 Å². The molecule has 0 fully saturated rings. The number of rotatable bonds is 10. The van der Waals surface area contributed by atoms with Crippen LogP contribution in [0.15, 0.2) is 24.3 Å². The highest BCUT2D eigenvalue weighted by atomic mass is 16.1. The van der Waals surface area contributed by atoms with E-state index in [4.69, 9.17) is 4.98 Å². The molecular formula is C21H33N3O. The van der Waals surface area contributed by atoms with E-state index in [2.05, 4.69) is 48.0 Å². The average molecular weight is 344 g/mol. The minimum Gasteiger partial charge on any atom is -0.356 e. The first-order chi connectivity index (χ1) is 12.0. The van der Waals surface area contributed by atoms with Gasteiger partial charge in [0.25, 0.3) is 0 Å². The number of carbonyl (C=O) groups is 1. The Hall–Kier alpha value is -1.84. The molecule has 138 valence electrons. The maximum atomic E-state index is 11.5. The number of carbonyl (C=O) groups excluding carboxylic acids is 1. The minimum absolute atomic E-state index is 0.0702. The molecule has 0 aliphatic carbocycles. The van der Waals surface area contributed by atoms with Crippen molar-refractivity contribution in [2.24, 2.45) is 11.8 Å². The Labute approximate surface area is 152 Å². The van der Waals surface area contributed by atoms with E-state index in [-0.39, 0.29) is 11.8 Å². The second-order valence-corrected chi connectivity index (χ2v) is 7.61. The minimum atomic E-state index is 0.0702. The van der Waals surface area contributed by atoms with Crippen molar-refractivity contribution in [3.05, 3.63) is 30.1 Å². The summed E-state index contributed by atoms with van der Waals surface area (Å²) in [6.45, 7) is 10.2. The van der Waals surface area contributed by atoms with E-state index >= 15 is 0 Å². The summed E-state index contributed by atoms with van der Waals surface area (Å²) < 4.78 is 2.40. The van der Waals surface area contributed by atoms with Gasteiger partial charge < -0.3 is 9.88 Å². The van der Waals surface area contributed by atoms with Crippen molar-refractivity contribution in [1.82, 2.24) is 14.9 Å². The Morgan fingerprint density at radius 3 is 2.60 bits per heavy atom. The topological polar surface area (TPSA) is 46.9 Å². The van der Waals surface area contributed by atoms with Gasteiger partial charge in [-0.25, -0.2) is 4.98 Å². The normalized spacial score (nSPS) is 11.6. The number of fused-ring (bicyclic) bond motifs is 1. The highest BCUT2D eigenvalue weighted by Gasteiger charge is 2.11. The summed E-state index contributed by atoms with van der Waals surface area (Å²) in [5, 5.41) is 2.99. The van der Waals surface area contributed by atoms with E-state index in [1.807, 2.05) is 13.8 Å². The molecule has 0 aliphatic heterocycles. The van der Waals surface area contributed by atoms with Crippen LogP contribution in [0.25, 0.3) is 11.0 Å². The van der Waals surface area contributed by atoms with E-state index < -0.39 is 0 Å². The molecule has 0 radical (unpaired) electrons. The number of hydrogen-bond donors (Lipinski definition) is 1. The second kappa shape index (κ2) is 9.59. The number of aromatic nitrogens is 2. The summed E-state index contributed by atoms with van der Waals surface area (Å²) in [4.78, 5) is 16.4. The van der Waals surface area contributed by atoms with Crippen LogP contribution >= 0.6 is 0 Å². The summed E-state index contributed by atoms with van der Waals surface area (Å²) in [5.74, 6) is 2.11. The van der Waals surface area contributed by atoms with Crippen molar-refractivity contribution < 1.29 is 4.79 Å². The quantitative estimate of drug-likeness (QED) is 0.643. The number of hydrogen-bond acceptors (Lipinski definition) is 2. The van der Waals surface area contributed by atoms with Gasteiger partial charge in [-0.3, -0.25) is 4.79 Å². The Morgan fingerprint density at radius 2 is 1.88 bits per heavy atom. The van der Waals surface area contributed by atoms with E-state index in [0.717, 1.165) is 44.3 Å². The molecule has 0 bridgehead atoms. The molecule has 2 aromatic rings. The van der Waals surface area contributed by atoms with E-state index in [0.29, 0.717) is 5.92 Å². The van der Waals surface area contributed by atoms with Crippen LogP contribution < -0.4 is 5.32 Å². The monoisotopic (exact) mass is 343 g/mol. The van der Waals surface area contributed by atoms with Gasteiger partial charge in [0, 0.05) is 25.4 Å². The maximum absolute atomic E-state index is 11.5. The zero-order chi connectivity index (χ0) is 18.2. The zero-order valence-electron chi connectivity index (χ0n) is 16.2. The predicted molar refractivity (Wildman–Crippen MR) is 105 cm³/mol. The highest BCUT2D eigenvalue weighted by molar-refractivity contribution is 5.77. The number of para-hydroxylation sites is 2. The molecule has 1 amide bonds. The van der Waals surface area contributed by atoms with Gasteiger partial charge in [0.1, 0.15) is 5.82 Å². The fourth-order valence-corrected chi connectivity index (χ4v) is 2.95. The molecule has 0 saturated carbocycles. The van der Waals surface area contributed by atoms with Crippen molar-refractivity contribution in [2.45, 2.75) is 66.3 Å². The number of amides is 1. The van der Waals surface area contributed by atoms with Crippen LogP contribution in [0.5, 0.6) is 0 Å². The molecular weight excluding hydrogens is 310 g/mol. The van der Waals surface area contributed by atoms with E-state index in [9.17, 15) is 4.79 Å². The molecule has 25 heavy (non-hydrogen) atoms. The van der Waals surface area contributed by atoms with Crippen LogP contribution in [-0.2, 0) is 17.8 Å². The molecule has 4 heteroatoms. The summed E-state index contributed by atoms with van der Waals surface area (Å²) in [5.41, 5.74) is 2.35. The van der Waals surface area contributed by atoms with Crippen LogP contribution in [-0.4, -0.2) is 22.0 Å². The lowest BCUT2D eigenvalue weighted by Gasteiger charge is -2.11.